The summed E-state index contributed by atoms with van der Waals surface area (Å²) < 4.78 is 0. The van der Waals surface area contributed by atoms with E-state index in [0.29, 0.717) is 17.7 Å². The molecule has 0 unspecified atom stereocenters. The number of benzene rings is 1. The molecular weight excluding hydrogens is 178 g/mol. The van der Waals surface area contributed by atoms with Crippen LogP contribution < -0.4 is 5.32 Å². The van der Waals surface area contributed by atoms with Gasteiger partial charge in [-0.15, -0.1) is 0 Å². The molecule has 0 bridgehead atoms. The lowest BCUT2D eigenvalue weighted by atomic mass is 10.1. The standard InChI is InChI=1S/C11H12NO2/c1-3-11(14)12-10-7-5-4-6-9(10)8(2)13/h4-7H,2-3H2,1H3,(H,12,14). The van der Waals surface area contributed by atoms with Crippen molar-refractivity contribution in [1.29, 1.82) is 0 Å². The lowest BCUT2D eigenvalue weighted by molar-refractivity contribution is -0.115. The first-order chi connectivity index (χ1) is 6.65. The number of rotatable bonds is 3. The minimum absolute atomic E-state index is 0.112. The van der Waals surface area contributed by atoms with E-state index in [1.165, 1.54) is 0 Å². The second kappa shape index (κ2) is 4.56. The zero-order valence-corrected chi connectivity index (χ0v) is 8.04. The summed E-state index contributed by atoms with van der Waals surface area (Å²) in [6.07, 6.45) is 0.389. The minimum atomic E-state index is -0.294. The van der Waals surface area contributed by atoms with Gasteiger partial charge < -0.3 is 5.32 Å². The molecule has 1 radical (unpaired) electrons. The highest BCUT2D eigenvalue weighted by Crippen LogP contribution is 2.15. The fraction of sp³-hybridized carbons (Fsp3) is 0.182. The van der Waals surface area contributed by atoms with E-state index < -0.39 is 0 Å². The van der Waals surface area contributed by atoms with E-state index in [-0.39, 0.29) is 11.7 Å². The van der Waals surface area contributed by atoms with Gasteiger partial charge in [-0.05, 0) is 12.1 Å². The van der Waals surface area contributed by atoms with Gasteiger partial charge in [0.2, 0.25) is 5.91 Å². The Kier molecular flexibility index (Phi) is 3.40. The average Bonchev–Trinajstić information content (AvgIpc) is 2.18. The molecule has 1 rings (SSSR count). The summed E-state index contributed by atoms with van der Waals surface area (Å²) in [7, 11) is 0. The van der Waals surface area contributed by atoms with E-state index in [4.69, 9.17) is 0 Å². The highest BCUT2D eigenvalue weighted by Gasteiger charge is 2.07. The van der Waals surface area contributed by atoms with Crippen molar-refractivity contribution in [3.05, 3.63) is 36.8 Å². The molecule has 0 atom stereocenters. The second-order valence-corrected chi connectivity index (χ2v) is 2.87. The van der Waals surface area contributed by atoms with Gasteiger partial charge in [0.25, 0.3) is 0 Å². The van der Waals surface area contributed by atoms with Gasteiger partial charge in [0, 0.05) is 18.9 Å². The van der Waals surface area contributed by atoms with Gasteiger partial charge in [-0.1, -0.05) is 19.1 Å². The molecule has 14 heavy (non-hydrogen) atoms. The minimum Gasteiger partial charge on any atom is -0.325 e. The van der Waals surface area contributed by atoms with Crippen molar-refractivity contribution in [2.24, 2.45) is 0 Å². The Morgan fingerprint density at radius 2 is 2.00 bits per heavy atom. The molecule has 1 aromatic carbocycles. The smallest absolute Gasteiger partial charge is 0.224 e. The summed E-state index contributed by atoms with van der Waals surface area (Å²) in [6.45, 7) is 5.07. The lowest BCUT2D eigenvalue weighted by Crippen LogP contribution is -2.12. The molecule has 0 aliphatic rings. The van der Waals surface area contributed by atoms with Crippen molar-refractivity contribution in [3.8, 4) is 0 Å². The van der Waals surface area contributed by atoms with Gasteiger partial charge in [-0.25, -0.2) is 0 Å². The average molecular weight is 190 g/mol. The Balaban J connectivity index is 2.95. The van der Waals surface area contributed by atoms with Gasteiger partial charge >= 0.3 is 0 Å². The number of carbonyl (C=O) groups is 2. The first-order valence-corrected chi connectivity index (χ1v) is 4.40. The predicted octanol–water partition coefficient (Wildman–Crippen LogP) is 2.05. The van der Waals surface area contributed by atoms with Gasteiger partial charge in [-0.3, -0.25) is 9.59 Å². The lowest BCUT2D eigenvalue weighted by Gasteiger charge is -2.07. The van der Waals surface area contributed by atoms with Crippen molar-refractivity contribution in [3.63, 3.8) is 0 Å². The molecule has 0 heterocycles. The van der Waals surface area contributed by atoms with Crippen LogP contribution in [0.15, 0.2) is 24.3 Å². The van der Waals surface area contributed by atoms with E-state index >= 15 is 0 Å². The maximum atomic E-state index is 11.1. The van der Waals surface area contributed by atoms with Crippen LogP contribution in [-0.4, -0.2) is 11.7 Å². The summed E-state index contributed by atoms with van der Waals surface area (Å²) in [5, 5.41) is 2.64. The summed E-state index contributed by atoms with van der Waals surface area (Å²) in [6, 6.07) is 6.82. The third-order valence-corrected chi connectivity index (χ3v) is 1.82. The predicted molar refractivity (Wildman–Crippen MR) is 55.1 cm³/mol. The molecule has 3 nitrogen and oxygen atoms in total. The summed E-state index contributed by atoms with van der Waals surface area (Å²) in [4.78, 5) is 22.2. The Morgan fingerprint density at radius 1 is 1.36 bits per heavy atom. The number of hydrogen-bond acceptors (Lipinski definition) is 2. The Morgan fingerprint density at radius 3 is 2.57 bits per heavy atom. The zero-order chi connectivity index (χ0) is 10.6. The topological polar surface area (TPSA) is 46.2 Å². The van der Waals surface area contributed by atoms with Gasteiger partial charge in [0.15, 0.2) is 5.78 Å². The van der Waals surface area contributed by atoms with Crippen LogP contribution >= 0.6 is 0 Å². The van der Waals surface area contributed by atoms with Crippen LogP contribution in [0.5, 0.6) is 0 Å². The van der Waals surface area contributed by atoms with Crippen molar-refractivity contribution in [1.82, 2.24) is 0 Å². The summed E-state index contributed by atoms with van der Waals surface area (Å²) in [5.74, 6) is -0.407. The molecule has 0 aliphatic carbocycles. The van der Waals surface area contributed by atoms with Crippen molar-refractivity contribution in [2.45, 2.75) is 13.3 Å². The fourth-order valence-corrected chi connectivity index (χ4v) is 1.07. The highest BCUT2D eigenvalue weighted by atomic mass is 16.1. The molecule has 0 spiro atoms. The van der Waals surface area contributed by atoms with E-state index in [0.717, 1.165) is 0 Å². The third-order valence-electron chi connectivity index (χ3n) is 1.82. The molecule has 0 aromatic heterocycles. The maximum Gasteiger partial charge on any atom is 0.224 e. The number of anilines is 1. The quantitative estimate of drug-likeness (QED) is 0.741. The Labute approximate surface area is 83.1 Å². The second-order valence-electron chi connectivity index (χ2n) is 2.87. The Bertz CT molecular complexity index is 358. The molecule has 1 amide bonds. The highest BCUT2D eigenvalue weighted by molar-refractivity contribution is 6.06. The normalized spacial score (nSPS) is 9.57. The van der Waals surface area contributed by atoms with Crippen LogP contribution in [0.3, 0.4) is 0 Å². The Hall–Kier alpha value is -1.64. The van der Waals surface area contributed by atoms with Crippen LogP contribution in [-0.2, 0) is 4.79 Å². The molecule has 1 N–H and O–H groups in total. The number of Topliss-reactive ketones (excluding diaryl/α,β-unsaturated/α-hetero) is 1. The van der Waals surface area contributed by atoms with Crippen LogP contribution in [0.4, 0.5) is 5.69 Å². The monoisotopic (exact) mass is 190 g/mol. The van der Waals surface area contributed by atoms with Crippen LogP contribution in [0, 0.1) is 6.92 Å². The number of para-hydroxylation sites is 1. The van der Waals surface area contributed by atoms with Crippen molar-refractivity contribution in [2.75, 3.05) is 5.32 Å². The molecule has 0 saturated carbocycles. The molecule has 73 valence electrons. The number of hydrogen-bond donors (Lipinski definition) is 1. The van der Waals surface area contributed by atoms with E-state index in [9.17, 15) is 9.59 Å². The number of ketones is 1. The third kappa shape index (κ3) is 2.42. The molecule has 0 fully saturated rings. The summed E-state index contributed by atoms with van der Waals surface area (Å²) in [5.41, 5.74) is 0.966. The zero-order valence-electron chi connectivity index (χ0n) is 8.04. The van der Waals surface area contributed by atoms with E-state index in [1.54, 1.807) is 31.2 Å². The molecule has 0 saturated heterocycles. The van der Waals surface area contributed by atoms with E-state index in [2.05, 4.69) is 12.2 Å². The van der Waals surface area contributed by atoms with Gasteiger partial charge in [0.1, 0.15) is 0 Å². The van der Waals surface area contributed by atoms with Crippen molar-refractivity contribution < 1.29 is 9.59 Å². The maximum absolute atomic E-state index is 11.1. The SMILES string of the molecule is [CH2]C(=O)c1ccccc1NC(=O)CC. The van der Waals surface area contributed by atoms with Crippen LogP contribution in [0.2, 0.25) is 0 Å². The summed E-state index contributed by atoms with van der Waals surface area (Å²) >= 11 is 0. The fourth-order valence-electron chi connectivity index (χ4n) is 1.07. The molecular formula is C11H12NO2. The van der Waals surface area contributed by atoms with Crippen molar-refractivity contribution >= 4 is 17.4 Å². The van der Waals surface area contributed by atoms with Crippen LogP contribution in [0.25, 0.3) is 0 Å². The van der Waals surface area contributed by atoms with Gasteiger partial charge in [0.05, 0.1) is 5.69 Å². The van der Waals surface area contributed by atoms with Crippen LogP contribution in [0.1, 0.15) is 23.7 Å². The molecule has 1 aromatic rings. The molecule has 3 heteroatoms. The largest absolute Gasteiger partial charge is 0.325 e. The van der Waals surface area contributed by atoms with E-state index in [1.807, 2.05) is 0 Å². The first-order valence-electron chi connectivity index (χ1n) is 4.40. The number of nitrogens with one attached hydrogen (secondary N) is 1. The first kappa shape index (κ1) is 10.4. The molecule has 0 aliphatic heterocycles. The number of amides is 1. The van der Waals surface area contributed by atoms with Gasteiger partial charge in [-0.2, -0.15) is 0 Å². The number of carbonyl (C=O) groups excluding carboxylic acids is 2.